The van der Waals surface area contributed by atoms with Crippen LogP contribution in [0.25, 0.3) is 5.57 Å². The molecule has 2 heterocycles. The van der Waals surface area contributed by atoms with Gasteiger partial charge in [0.25, 0.3) is 0 Å². The van der Waals surface area contributed by atoms with E-state index in [1.807, 2.05) is 6.20 Å². The first-order chi connectivity index (χ1) is 7.24. The largest absolute Gasteiger partial charge is 0.299 e. The van der Waals surface area contributed by atoms with Crippen molar-refractivity contribution < 1.29 is 0 Å². The summed E-state index contributed by atoms with van der Waals surface area (Å²) in [5.74, 6) is 0.781. The fraction of sp³-hybridized carbons (Fsp3) is 0.462. The van der Waals surface area contributed by atoms with Crippen molar-refractivity contribution >= 4 is 5.57 Å². The third kappa shape index (κ3) is 1.40. The lowest BCUT2D eigenvalue weighted by Gasteiger charge is -2.24. The minimum atomic E-state index is 0.650. The molecular formula is C13H16N2. The van der Waals surface area contributed by atoms with Gasteiger partial charge in [0.15, 0.2) is 0 Å². The van der Waals surface area contributed by atoms with Gasteiger partial charge in [0, 0.05) is 24.5 Å². The van der Waals surface area contributed by atoms with Crippen LogP contribution in [0.4, 0.5) is 0 Å². The lowest BCUT2D eigenvalue weighted by molar-refractivity contribution is 0.353. The first-order valence-electron chi connectivity index (χ1n) is 5.59. The molecule has 1 aromatic rings. The summed E-state index contributed by atoms with van der Waals surface area (Å²) in [6, 6.07) is 4.98. The molecule has 3 rings (SSSR count). The van der Waals surface area contributed by atoms with E-state index >= 15 is 0 Å². The van der Waals surface area contributed by atoms with Crippen LogP contribution in [-0.4, -0.2) is 29.5 Å². The quantitative estimate of drug-likeness (QED) is 0.690. The molecule has 1 aliphatic carbocycles. The zero-order valence-electron chi connectivity index (χ0n) is 9.27. The van der Waals surface area contributed by atoms with Crippen molar-refractivity contribution in [3.63, 3.8) is 0 Å². The summed E-state index contributed by atoms with van der Waals surface area (Å²) < 4.78 is 0. The molecule has 0 radical (unpaired) electrons. The highest BCUT2D eigenvalue weighted by molar-refractivity contribution is 5.73. The second-order valence-corrected chi connectivity index (χ2v) is 4.76. The van der Waals surface area contributed by atoms with Crippen LogP contribution in [0.15, 0.2) is 24.4 Å². The lowest BCUT2D eigenvalue weighted by atomic mass is 10.0. The number of rotatable bonds is 1. The number of aryl methyl sites for hydroxylation is 1. The third-order valence-corrected chi connectivity index (χ3v) is 3.58. The Morgan fingerprint density at radius 3 is 3.00 bits per heavy atom. The van der Waals surface area contributed by atoms with Crippen LogP contribution in [0.5, 0.6) is 0 Å². The molecule has 1 aromatic heterocycles. The highest BCUT2D eigenvalue weighted by Crippen LogP contribution is 2.40. The van der Waals surface area contributed by atoms with Gasteiger partial charge < -0.3 is 0 Å². The van der Waals surface area contributed by atoms with Crippen molar-refractivity contribution in [1.29, 1.82) is 0 Å². The Labute approximate surface area is 90.6 Å². The maximum absolute atomic E-state index is 4.25. The molecule has 1 aliphatic heterocycles. The van der Waals surface area contributed by atoms with Crippen LogP contribution in [0, 0.1) is 12.8 Å². The standard InChI is InChI=1S/C13H16N2/c1-9-5-11(3-4-14-9)12-6-10-7-13(12)15(2)8-10/h3-6,10,13H,7-8H2,1-2H3. The second kappa shape index (κ2) is 3.17. The van der Waals surface area contributed by atoms with E-state index in [-0.39, 0.29) is 0 Å². The highest BCUT2D eigenvalue weighted by atomic mass is 15.2. The third-order valence-electron chi connectivity index (χ3n) is 3.58. The zero-order chi connectivity index (χ0) is 10.4. The molecule has 78 valence electrons. The molecule has 1 fully saturated rings. The summed E-state index contributed by atoms with van der Waals surface area (Å²) in [7, 11) is 2.23. The molecule has 0 saturated carbocycles. The average Bonchev–Trinajstić information content (AvgIpc) is 2.76. The van der Waals surface area contributed by atoms with Gasteiger partial charge in [-0.1, -0.05) is 6.08 Å². The van der Waals surface area contributed by atoms with Gasteiger partial charge >= 0.3 is 0 Å². The summed E-state index contributed by atoms with van der Waals surface area (Å²) in [5, 5.41) is 0. The molecule has 0 amide bonds. The van der Waals surface area contributed by atoms with Crippen LogP contribution in [0.1, 0.15) is 17.7 Å². The molecule has 2 unspecified atom stereocenters. The van der Waals surface area contributed by atoms with Crippen LogP contribution in [0.3, 0.4) is 0 Å². The number of aromatic nitrogens is 1. The summed E-state index contributed by atoms with van der Waals surface area (Å²) in [4.78, 5) is 6.72. The average molecular weight is 200 g/mol. The number of nitrogens with zero attached hydrogens (tertiary/aromatic N) is 2. The highest BCUT2D eigenvalue weighted by Gasteiger charge is 2.37. The molecule has 2 nitrogen and oxygen atoms in total. The Bertz CT molecular complexity index is 422. The van der Waals surface area contributed by atoms with E-state index in [0.717, 1.165) is 11.6 Å². The number of likely N-dealkylation sites (tertiary alicyclic amines) is 1. The summed E-state index contributed by atoms with van der Waals surface area (Å²) >= 11 is 0. The molecule has 1 saturated heterocycles. The minimum Gasteiger partial charge on any atom is -0.299 e. The van der Waals surface area contributed by atoms with Crippen molar-refractivity contribution in [2.45, 2.75) is 19.4 Å². The van der Waals surface area contributed by atoms with E-state index in [1.54, 1.807) is 0 Å². The summed E-state index contributed by atoms with van der Waals surface area (Å²) in [5.41, 5.74) is 3.99. The molecule has 0 aromatic carbocycles. The van der Waals surface area contributed by atoms with Crippen LogP contribution >= 0.6 is 0 Å². The van der Waals surface area contributed by atoms with Gasteiger partial charge in [-0.05, 0) is 49.6 Å². The van der Waals surface area contributed by atoms with Crippen molar-refractivity contribution in [1.82, 2.24) is 9.88 Å². The monoisotopic (exact) mass is 200 g/mol. The SMILES string of the molecule is Cc1cc(C2=CC3CC2N(C)C3)ccn1. The van der Waals surface area contributed by atoms with Gasteiger partial charge in [-0.2, -0.15) is 0 Å². The van der Waals surface area contributed by atoms with Crippen LogP contribution in [-0.2, 0) is 0 Å². The fourth-order valence-corrected chi connectivity index (χ4v) is 2.90. The van der Waals surface area contributed by atoms with Crippen molar-refractivity contribution in [3.8, 4) is 0 Å². The molecule has 0 spiro atoms. The Morgan fingerprint density at radius 1 is 1.47 bits per heavy atom. The lowest BCUT2D eigenvalue weighted by Crippen LogP contribution is -2.28. The molecule has 2 heteroatoms. The van der Waals surface area contributed by atoms with Gasteiger partial charge in [-0.15, -0.1) is 0 Å². The van der Waals surface area contributed by atoms with Crippen molar-refractivity contribution in [3.05, 3.63) is 35.7 Å². The van der Waals surface area contributed by atoms with E-state index < -0.39 is 0 Å². The van der Waals surface area contributed by atoms with Crippen LogP contribution < -0.4 is 0 Å². The van der Waals surface area contributed by atoms with Gasteiger partial charge in [-0.3, -0.25) is 9.88 Å². The number of hydrogen-bond acceptors (Lipinski definition) is 2. The molecule has 2 atom stereocenters. The Hall–Kier alpha value is -1.15. The molecule has 0 N–H and O–H groups in total. The molecule has 15 heavy (non-hydrogen) atoms. The predicted molar refractivity (Wildman–Crippen MR) is 61.5 cm³/mol. The predicted octanol–water partition coefficient (Wildman–Crippen LogP) is 2.11. The van der Waals surface area contributed by atoms with E-state index in [2.05, 4.69) is 42.1 Å². The number of pyridine rings is 1. The van der Waals surface area contributed by atoms with Gasteiger partial charge in [0.1, 0.15) is 0 Å². The van der Waals surface area contributed by atoms with Crippen molar-refractivity contribution in [2.75, 3.05) is 13.6 Å². The van der Waals surface area contributed by atoms with Gasteiger partial charge in [0.2, 0.25) is 0 Å². The topological polar surface area (TPSA) is 16.1 Å². The first-order valence-corrected chi connectivity index (χ1v) is 5.59. The summed E-state index contributed by atoms with van der Waals surface area (Å²) in [6.07, 6.45) is 5.68. The maximum Gasteiger partial charge on any atom is 0.0378 e. The van der Waals surface area contributed by atoms with E-state index in [1.165, 1.54) is 24.1 Å². The first kappa shape index (κ1) is 9.10. The maximum atomic E-state index is 4.25. The fourth-order valence-electron chi connectivity index (χ4n) is 2.90. The number of fused-ring (bicyclic) bond motifs is 2. The second-order valence-electron chi connectivity index (χ2n) is 4.76. The van der Waals surface area contributed by atoms with Crippen LogP contribution in [0.2, 0.25) is 0 Å². The van der Waals surface area contributed by atoms with Gasteiger partial charge in [0.05, 0.1) is 0 Å². The molecule has 2 bridgehead atoms. The van der Waals surface area contributed by atoms with E-state index in [0.29, 0.717) is 6.04 Å². The Morgan fingerprint density at radius 2 is 2.33 bits per heavy atom. The zero-order valence-corrected chi connectivity index (χ0v) is 9.27. The Kier molecular flexibility index (Phi) is 1.93. The molecule has 2 aliphatic rings. The van der Waals surface area contributed by atoms with Crippen molar-refractivity contribution in [2.24, 2.45) is 5.92 Å². The smallest absolute Gasteiger partial charge is 0.0378 e. The normalized spacial score (nSPS) is 29.6. The Balaban J connectivity index is 1.99. The summed E-state index contributed by atoms with van der Waals surface area (Å²) in [6.45, 7) is 3.29. The molecular weight excluding hydrogens is 184 g/mol. The number of likely N-dealkylation sites (N-methyl/N-ethyl adjacent to an activating group) is 1. The van der Waals surface area contributed by atoms with E-state index in [4.69, 9.17) is 0 Å². The number of hydrogen-bond donors (Lipinski definition) is 0. The van der Waals surface area contributed by atoms with E-state index in [9.17, 15) is 0 Å². The minimum absolute atomic E-state index is 0.650. The van der Waals surface area contributed by atoms with Gasteiger partial charge in [-0.25, -0.2) is 0 Å².